The summed E-state index contributed by atoms with van der Waals surface area (Å²) >= 11 is 0. The van der Waals surface area contributed by atoms with E-state index >= 15 is 0 Å². The van der Waals surface area contributed by atoms with Crippen molar-refractivity contribution in [2.45, 2.75) is 25.8 Å². The van der Waals surface area contributed by atoms with Gasteiger partial charge in [0.1, 0.15) is 17.5 Å². The van der Waals surface area contributed by atoms with Gasteiger partial charge in [0.05, 0.1) is 19.2 Å². The van der Waals surface area contributed by atoms with E-state index in [4.69, 9.17) is 4.74 Å². The highest BCUT2D eigenvalue weighted by atomic mass is 16.5. The van der Waals surface area contributed by atoms with Crippen molar-refractivity contribution >= 4 is 34.2 Å². The van der Waals surface area contributed by atoms with Crippen LogP contribution in [0, 0.1) is 0 Å². The van der Waals surface area contributed by atoms with Gasteiger partial charge in [-0.25, -0.2) is 0 Å². The van der Waals surface area contributed by atoms with Gasteiger partial charge >= 0.3 is 0 Å². The molecule has 0 aromatic heterocycles. The van der Waals surface area contributed by atoms with Crippen LogP contribution in [0.2, 0.25) is 0 Å². The number of carbonyl (C=O) groups is 3. The summed E-state index contributed by atoms with van der Waals surface area (Å²) in [4.78, 5) is 42.3. The van der Waals surface area contributed by atoms with E-state index in [1.54, 1.807) is 62.6 Å². The molecule has 8 heteroatoms. The molecule has 0 saturated carbocycles. The number of fused-ring (bicyclic) bond motifs is 1. The molecule has 3 aromatic rings. The zero-order valence-electron chi connectivity index (χ0n) is 19.9. The van der Waals surface area contributed by atoms with Gasteiger partial charge in [0.15, 0.2) is 0 Å². The number of amides is 3. The highest BCUT2D eigenvalue weighted by Crippen LogP contribution is 2.31. The minimum atomic E-state index is -0.682. The smallest absolute Gasteiger partial charge is 0.258 e. The van der Waals surface area contributed by atoms with E-state index in [2.05, 4.69) is 5.32 Å². The Labute approximate surface area is 204 Å². The normalized spacial score (nSPS) is 15.1. The highest BCUT2D eigenvalue weighted by molar-refractivity contribution is 6.05. The number of phenolic OH excluding ortho intramolecular Hbond substituents is 1. The van der Waals surface area contributed by atoms with Crippen molar-refractivity contribution in [3.8, 4) is 11.5 Å². The van der Waals surface area contributed by atoms with E-state index in [-0.39, 0.29) is 35.6 Å². The molecule has 1 aliphatic heterocycles. The molecule has 1 saturated heterocycles. The van der Waals surface area contributed by atoms with Gasteiger partial charge in [-0.1, -0.05) is 36.4 Å². The topological polar surface area (TPSA) is 99.2 Å². The summed E-state index contributed by atoms with van der Waals surface area (Å²) in [5.74, 6) is -0.476. The number of hydrogen-bond donors (Lipinski definition) is 2. The molecule has 0 aliphatic carbocycles. The summed E-state index contributed by atoms with van der Waals surface area (Å²) in [5, 5.41) is 15.0. The third kappa shape index (κ3) is 5.06. The van der Waals surface area contributed by atoms with Gasteiger partial charge in [-0.05, 0) is 43.4 Å². The Morgan fingerprint density at radius 3 is 2.69 bits per heavy atom. The van der Waals surface area contributed by atoms with Crippen LogP contribution in [0.3, 0.4) is 0 Å². The number of benzene rings is 3. The summed E-state index contributed by atoms with van der Waals surface area (Å²) < 4.78 is 5.18. The van der Waals surface area contributed by atoms with Crippen molar-refractivity contribution in [3.63, 3.8) is 0 Å². The van der Waals surface area contributed by atoms with Gasteiger partial charge in [0, 0.05) is 30.2 Å². The van der Waals surface area contributed by atoms with Crippen LogP contribution in [0.5, 0.6) is 11.5 Å². The molecule has 3 amide bonds. The number of anilines is 1. The van der Waals surface area contributed by atoms with E-state index in [0.717, 1.165) is 5.39 Å². The third-order valence-electron chi connectivity index (χ3n) is 6.31. The summed E-state index contributed by atoms with van der Waals surface area (Å²) in [6.07, 6.45) is 1.18. The van der Waals surface area contributed by atoms with Gasteiger partial charge in [0.2, 0.25) is 11.8 Å². The van der Waals surface area contributed by atoms with Crippen molar-refractivity contribution in [3.05, 3.63) is 66.2 Å². The van der Waals surface area contributed by atoms with E-state index in [1.165, 1.54) is 9.80 Å². The summed E-state index contributed by atoms with van der Waals surface area (Å²) in [7, 11) is 1.55. The minimum Gasteiger partial charge on any atom is -0.506 e. The molecular weight excluding hydrogens is 446 g/mol. The summed E-state index contributed by atoms with van der Waals surface area (Å²) in [6, 6.07) is 17.0. The molecule has 8 nitrogen and oxygen atoms in total. The van der Waals surface area contributed by atoms with E-state index in [0.29, 0.717) is 42.8 Å². The summed E-state index contributed by atoms with van der Waals surface area (Å²) in [5.41, 5.74) is 0.740. The predicted molar refractivity (Wildman–Crippen MR) is 134 cm³/mol. The minimum absolute atomic E-state index is 0.0868. The van der Waals surface area contributed by atoms with Crippen molar-refractivity contribution in [2.24, 2.45) is 0 Å². The number of rotatable bonds is 7. The number of likely N-dealkylation sites (tertiary alicyclic amines) is 1. The van der Waals surface area contributed by atoms with Crippen molar-refractivity contribution in [1.29, 1.82) is 0 Å². The van der Waals surface area contributed by atoms with E-state index in [1.807, 2.05) is 12.1 Å². The molecule has 1 fully saturated rings. The van der Waals surface area contributed by atoms with Crippen LogP contribution in [0.1, 0.15) is 30.1 Å². The molecular formula is C27H29N3O5. The lowest BCUT2D eigenvalue weighted by Gasteiger charge is -2.29. The Hall–Kier alpha value is -4.07. The second-order valence-corrected chi connectivity index (χ2v) is 8.47. The van der Waals surface area contributed by atoms with Crippen LogP contribution in [-0.2, 0) is 9.59 Å². The van der Waals surface area contributed by atoms with E-state index in [9.17, 15) is 19.5 Å². The molecule has 182 valence electrons. The molecule has 1 heterocycles. The van der Waals surface area contributed by atoms with Crippen LogP contribution in [0.4, 0.5) is 5.69 Å². The highest BCUT2D eigenvalue weighted by Gasteiger charge is 2.37. The molecule has 3 aromatic carbocycles. The first kappa shape index (κ1) is 24.1. The molecule has 0 radical (unpaired) electrons. The lowest BCUT2D eigenvalue weighted by Crippen LogP contribution is -2.49. The molecule has 1 atom stereocenters. The van der Waals surface area contributed by atoms with Gasteiger partial charge in [-0.15, -0.1) is 0 Å². The molecule has 4 rings (SSSR count). The first-order valence-corrected chi connectivity index (χ1v) is 11.7. The molecule has 1 aliphatic rings. The standard InChI is InChI=1S/C27H29N3O5/c1-3-29(17-24(31)28-19-9-6-10-20(16-19)35-2)27(34)23-12-7-15-30(23)26(33)22-14-13-18-8-4-5-11-21(18)25(22)32/h4-6,8-11,13-14,16,23,32H,3,7,12,15,17H2,1-2H3,(H,28,31). The van der Waals surface area contributed by atoms with Crippen LogP contribution in [0.15, 0.2) is 60.7 Å². The maximum Gasteiger partial charge on any atom is 0.258 e. The number of nitrogens with zero attached hydrogens (tertiary/aromatic N) is 2. The fourth-order valence-electron chi connectivity index (χ4n) is 4.48. The van der Waals surface area contributed by atoms with Crippen LogP contribution >= 0.6 is 0 Å². The number of nitrogens with one attached hydrogen (secondary N) is 1. The van der Waals surface area contributed by atoms with Crippen molar-refractivity contribution < 1.29 is 24.2 Å². The number of aromatic hydroxyl groups is 1. The van der Waals surface area contributed by atoms with Crippen molar-refractivity contribution in [2.75, 3.05) is 32.1 Å². The first-order chi connectivity index (χ1) is 16.9. The monoisotopic (exact) mass is 475 g/mol. The zero-order chi connectivity index (χ0) is 24.9. The van der Waals surface area contributed by atoms with Gasteiger partial charge in [-0.3, -0.25) is 14.4 Å². The average Bonchev–Trinajstić information content (AvgIpc) is 3.37. The second kappa shape index (κ2) is 10.5. The quantitative estimate of drug-likeness (QED) is 0.544. The Morgan fingerprint density at radius 2 is 1.91 bits per heavy atom. The Morgan fingerprint density at radius 1 is 1.11 bits per heavy atom. The number of ether oxygens (including phenoxy) is 1. The van der Waals surface area contributed by atoms with Gasteiger partial charge < -0.3 is 25.0 Å². The zero-order valence-corrected chi connectivity index (χ0v) is 19.9. The maximum absolute atomic E-state index is 13.4. The van der Waals surface area contributed by atoms with Crippen LogP contribution in [0.25, 0.3) is 10.8 Å². The number of carbonyl (C=O) groups excluding carboxylic acids is 3. The van der Waals surface area contributed by atoms with Crippen molar-refractivity contribution in [1.82, 2.24) is 9.80 Å². The Kier molecular flexibility index (Phi) is 7.19. The largest absolute Gasteiger partial charge is 0.506 e. The number of phenols is 1. The molecule has 1 unspecified atom stereocenters. The Bertz CT molecular complexity index is 1260. The molecule has 0 spiro atoms. The Balaban J connectivity index is 1.48. The fourth-order valence-corrected chi connectivity index (χ4v) is 4.48. The molecule has 35 heavy (non-hydrogen) atoms. The third-order valence-corrected chi connectivity index (χ3v) is 6.31. The number of hydrogen-bond acceptors (Lipinski definition) is 5. The average molecular weight is 476 g/mol. The SMILES string of the molecule is CCN(CC(=O)Nc1cccc(OC)c1)C(=O)C1CCCN1C(=O)c1ccc2ccccc2c1O. The first-order valence-electron chi connectivity index (χ1n) is 11.7. The maximum atomic E-state index is 13.4. The fraction of sp³-hybridized carbons (Fsp3) is 0.296. The predicted octanol–water partition coefficient (Wildman–Crippen LogP) is 3.65. The van der Waals surface area contributed by atoms with Gasteiger partial charge in [-0.2, -0.15) is 0 Å². The second-order valence-electron chi connectivity index (χ2n) is 8.47. The number of likely N-dealkylation sites (N-methyl/N-ethyl adjacent to an activating group) is 1. The van der Waals surface area contributed by atoms with Gasteiger partial charge in [0.25, 0.3) is 5.91 Å². The lowest BCUT2D eigenvalue weighted by atomic mass is 10.0. The lowest BCUT2D eigenvalue weighted by molar-refractivity contribution is -0.137. The van der Waals surface area contributed by atoms with Crippen LogP contribution in [-0.4, -0.2) is 65.4 Å². The summed E-state index contributed by atoms with van der Waals surface area (Å²) in [6.45, 7) is 2.40. The van der Waals surface area contributed by atoms with Crippen LogP contribution < -0.4 is 10.1 Å². The number of methoxy groups -OCH3 is 1. The molecule has 0 bridgehead atoms. The molecule has 2 N–H and O–H groups in total. The van der Waals surface area contributed by atoms with E-state index < -0.39 is 6.04 Å².